The molecule has 0 rings (SSSR count). The Bertz CT molecular complexity index is 280. The summed E-state index contributed by atoms with van der Waals surface area (Å²) in [6.45, 7) is 4.27. The second-order valence-electron chi connectivity index (χ2n) is 2.56. The first kappa shape index (κ1) is 12.2. The first-order valence-electron chi connectivity index (χ1n) is 3.68. The van der Waals surface area contributed by atoms with Gasteiger partial charge in [0, 0.05) is 5.57 Å². The fraction of sp³-hybridized carbons (Fsp3) is 0.375. The van der Waals surface area contributed by atoms with E-state index in [-0.39, 0.29) is 5.57 Å². The average Bonchev–Trinajstić information content (AvgIpc) is 2.03. The number of rotatable bonds is 5. The number of hydrogen-bond acceptors (Lipinski definition) is 4. The molecule has 0 heterocycles. The minimum absolute atomic E-state index is 0.340. The molecule has 1 atom stereocenters. The predicted octanol–water partition coefficient (Wildman–Crippen LogP) is 0.0336. The molecule has 0 aromatic heterocycles. The maximum atomic E-state index is 10.9. The van der Waals surface area contributed by atoms with E-state index in [0.717, 1.165) is 0 Å². The first-order valence-corrected chi connectivity index (χ1v) is 3.68. The van der Waals surface area contributed by atoms with Crippen LogP contribution >= 0.6 is 0 Å². The Morgan fingerprint density at radius 3 is 2.21 bits per heavy atom. The van der Waals surface area contributed by atoms with Crippen LogP contribution in [0.2, 0.25) is 0 Å². The summed E-state index contributed by atoms with van der Waals surface area (Å²) in [4.78, 5) is 31.3. The lowest BCUT2D eigenvalue weighted by Gasteiger charge is -2.07. The molecule has 0 saturated heterocycles. The second-order valence-corrected chi connectivity index (χ2v) is 2.56. The van der Waals surface area contributed by atoms with Crippen molar-refractivity contribution in [1.82, 2.24) is 0 Å². The van der Waals surface area contributed by atoms with Gasteiger partial charge in [0.25, 0.3) is 0 Å². The van der Waals surface area contributed by atoms with E-state index in [9.17, 15) is 14.4 Å². The Hall–Kier alpha value is -1.85. The van der Waals surface area contributed by atoms with Gasteiger partial charge in [-0.05, 0) is 6.92 Å². The van der Waals surface area contributed by atoms with Crippen LogP contribution in [0.5, 0.6) is 0 Å². The van der Waals surface area contributed by atoms with Crippen LogP contribution in [0.3, 0.4) is 0 Å². The van der Waals surface area contributed by atoms with Gasteiger partial charge < -0.3 is 14.9 Å². The van der Waals surface area contributed by atoms with Crippen LogP contribution in [0.25, 0.3) is 0 Å². The van der Waals surface area contributed by atoms with Crippen LogP contribution in [-0.2, 0) is 19.1 Å². The number of esters is 1. The summed E-state index contributed by atoms with van der Waals surface area (Å²) in [6, 6.07) is 0. The molecule has 0 aliphatic heterocycles. The van der Waals surface area contributed by atoms with Gasteiger partial charge in [-0.3, -0.25) is 4.79 Å². The summed E-state index contributed by atoms with van der Waals surface area (Å²) >= 11 is 0. The second kappa shape index (κ2) is 5.00. The fourth-order valence-electron chi connectivity index (χ4n) is 0.539. The van der Waals surface area contributed by atoms with E-state index >= 15 is 0 Å². The summed E-state index contributed by atoms with van der Waals surface area (Å²) in [5.41, 5.74) is -0.340. The van der Waals surface area contributed by atoms with Crippen molar-refractivity contribution >= 4 is 17.9 Å². The van der Waals surface area contributed by atoms with Gasteiger partial charge in [0.15, 0.2) is 6.10 Å². The van der Waals surface area contributed by atoms with Crippen molar-refractivity contribution < 1.29 is 29.3 Å². The molecule has 0 aliphatic carbocycles. The summed E-state index contributed by atoms with van der Waals surface area (Å²) in [5, 5.41) is 16.7. The normalized spacial score (nSPS) is 11.5. The number of hydrogen-bond donors (Lipinski definition) is 2. The van der Waals surface area contributed by atoms with Gasteiger partial charge in [-0.2, -0.15) is 0 Å². The van der Waals surface area contributed by atoms with Gasteiger partial charge in [0.1, 0.15) is 0 Å². The summed E-state index contributed by atoms with van der Waals surface area (Å²) < 4.78 is 4.37. The fourth-order valence-corrected chi connectivity index (χ4v) is 0.539. The molecule has 2 N–H and O–H groups in total. The Labute approximate surface area is 79.8 Å². The number of ether oxygens (including phenoxy) is 1. The molecule has 0 radical (unpaired) electrons. The van der Waals surface area contributed by atoms with Crippen LogP contribution in [0.15, 0.2) is 12.2 Å². The molecule has 0 fully saturated rings. The SMILES string of the molecule is C=C(CC(=O)OC(C)C(=O)O)C(=O)O. The lowest BCUT2D eigenvalue weighted by atomic mass is 10.2. The van der Waals surface area contributed by atoms with Crippen molar-refractivity contribution in [1.29, 1.82) is 0 Å². The van der Waals surface area contributed by atoms with Gasteiger partial charge in [0.2, 0.25) is 0 Å². The van der Waals surface area contributed by atoms with Gasteiger partial charge in [-0.15, -0.1) is 0 Å². The Morgan fingerprint density at radius 1 is 1.36 bits per heavy atom. The third-order valence-electron chi connectivity index (χ3n) is 1.32. The maximum Gasteiger partial charge on any atom is 0.344 e. The molecular formula is C8H10O6. The highest BCUT2D eigenvalue weighted by molar-refractivity contribution is 5.92. The molecule has 0 bridgehead atoms. The van der Waals surface area contributed by atoms with Crippen molar-refractivity contribution in [2.24, 2.45) is 0 Å². The Morgan fingerprint density at radius 2 is 1.86 bits per heavy atom. The largest absolute Gasteiger partial charge is 0.479 e. The lowest BCUT2D eigenvalue weighted by molar-refractivity contribution is -0.162. The molecule has 0 aromatic rings. The van der Waals surface area contributed by atoms with E-state index in [0.29, 0.717) is 0 Å². The van der Waals surface area contributed by atoms with E-state index in [4.69, 9.17) is 10.2 Å². The van der Waals surface area contributed by atoms with E-state index in [1.807, 2.05) is 0 Å². The van der Waals surface area contributed by atoms with Crippen molar-refractivity contribution in [2.45, 2.75) is 19.4 Å². The monoisotopic (exact) mass is 202 g/mol. The molecule has 0 aromatic carbocycles. The molecular weight excluding hydrogens is 192 g/mol. The maximum absolute atomic E-state index is 10.9. The van der Waals surface area contributed by atoms with Gasteiger partial charge in [0.05, 0.1) is 6.42 Å². The van der Waals surface area contributed by atoms with Gasteiger partial charge in [-0.1, -0.05) is 6.58 Å². The molecule has 0 saturated carbocycles. The van der Waals surface area contributed by atoms with Crippen LogP contribution < -0.4 is 0 Å². The van der Waals surface area contributed by atoms with Crippen molar-refractivity contribution in [2.75, 3.05) is 0 Å². The van der Waals surface area contributed by atoms with Crippen LogP contribution in [0.1, 0.15) is 13.3 Å². The van der Waals surface area contributed by atoms with Crippen molar-refractivity contribution in [3.05, 3.63) is 12.2 Å². The number of aliphatic carboxylic acids is 2. The molecule has 14 heavy (non-hydrogen) atoms. The quantitative estimate of drug-likeness (QED) is 0.482. The van der Waals surface area contributed by atoms with Crippen LogP contribution in [0, 0.1) is 0 Å². The molecule has 0 aliphatic rings. The molecule has 6 heteroatoms. The minimum atomic E-state index is -1.31. The zero-order valence-electron chi connectivity index (χ0n) is 7.52. The predicted molar refractivity (Wildman–Crippen MR) is 44.6 cm³/mol. The highest BCUT2D eigenvalue weighted by atomic mass is 16.6. The highest BCUT2D eigenvalue weighted by Crippen LogP contribution is 2.02. The third-order valence-corrected chi connectivity index (χ3v) is 1.32. The number of carbonyl (C=O) groups excluding carboxylic acids is 1. The third kappa shape index (κ3) is 4.24. The molecule has 6 nitrogen and oxygen atoms in total. The van der Waals surface area contributed by atoms with Crippen LogP contribution in [-0.4, -0.2) is 34.2 Å². The summed E-state index contributed by atoms with van der Waals surface area (Å²) in [7, 11) is 0. The lowest BCUT2D eigenvalue weighted by Crippen LogP contribution is -2.24. The Balaban J connectivity index is 4.05. The van der Waals surface area contributed by atoms with Crippen molar-refractivity contribution in [3.8, 4) is 0 Å². The number of carbonyl (C=O) groups is 3. The summed E-state index contributed by atoms with van der Waals surface area (Å²) in [5.74, 6) is -3.53. The van der Waals surface area contributed by atoms with Crippen LogP contribution in [0.4, 0.5) is 0 Å². The van der Waals surface area contributed by atoms with E-state index in [2.05, 4.69) is 11.3 Å². The molecule has 0 amide bonds. The number of carboxylic acids is 2. The number of carboxylic acid groups (broad SMARTS) is 2. The smallest absolute Gasteiger partial charge is 0.344 e. The van der Waals surface area contributed by atoms with E-state index in [1.54, 1.807) is 0 Å². The van der Waals surface area contributed by atoms with Gasteiger partial charge in [-0.25, -0.2) is 9.59 Å². The zero-order valence-corrected chi connectivity index (χ0v) is 7.52. The Kier molecular flexibility index (Phi) is 4.34. The molecule has 1 unspecified atom stereocenters. The van der Waals surface area contributed by atoms with E-state index in [1.165, 1.54) is 6.92 Å². The van der Waals surface area contributed by atoms with E-state index < -0.39 is 30.4 Å². The minimum Gasteiger partial charge on any atom is -0.479 e. The highest BCUT2D eigenvalue weighted by Gasteiger charge is 2.18. The zero-order chi connectivity index (χ0) is 11.3. The summed E-state index contributed by atoms with van der Waals surface area (Å²) in [6.07, 6.45) is -1.81. The van der Waals surface area contributed by atoms with Crippen molar-refractivity contribution in [3.63, 3.8) is 0 Å². The average molecular weight is 202 g/mol. The first-order chi connectivity index (χ1) is 6.34. The standard InChI is InChI=1S/C8H10O6/c1-4(7(10)11)3-6(9)14-5(2)8(12)13/h5H,1,3H2,2H3,(H,10,11)(H,12,13). The molecule has 0 spiro atoms. The molecule has 78 valence electrons. The topological polar surface area (TPSA) is 101 Å². The van der Waals surface area contributed by atoms with Gasteiger partial charge >= 0.3 is 17.9 Å².